The highest BCUT2D eigenvalue weighted by molar-refractivity contribution is 5.77. The van der Waals surface area contributed by atoms with E-state index in [-0.39, 0.29) is 5.91 Å². The van der Waals surface area contributed by atoms with Gasteiger partial charge in [0.15, 0.2) is 0 Å². The monoisotopic (exact) mass is 305 g/mol. The molecule has 2 aliphatic rings. The fraction of sp³-hybridized carbons (Fsp3) is 0.765. The largest absolute Gasteiger partial charge is 0.389 e. The smallest absolute Gasteiger partial charge is 0.225 e. The molecule has 22 heavy (non-hydrogen) atoms. The highest BCUT2D eigenvalue weighted by Crippen LogP contribution is 2.32. The van der Waals surface area contributed by atoms with E-state index < -0.39 is 5.60 Å². The zero-order chi connectivity index (χ0) is 15.4. The van der Waals surface area contributed by atoms with E-state index in [1.54, 1.807) is 6.20 Å². The Bertz CT molecular complexity index is 480. The van der Waals surface area contributed by atoms with Crippen molar-refractivity contribution >= 4 is 5.91 Å². The van der Waals surface area contributed by atoms with E-state index in [0.29, 0.717) is 12.3 Å². The Kier molecular flexibility index (Phi) is 4.81. The first-order valence-corrected chi connectivity index (χ1v) is 8.63. The van der Waals surface area contributed by atoms with Gasteiger partial charge in [0.05, 0.1) is 12.0 Å². The fourth-order valence-electron chi connectivity index (χ4n) is 3.95. The molecule has 1 aliphatic heterocycles. The average Bonchev–Trinajstić information content (AvgIpc) is 3.01. The lowest BCUT2D eigenvalue weighted by Gasteiger charge is -2.37. The molecule has 1 atom stereocenters. The van der Waals surface area contributed by atoms with E-state index >= 15 is 0 Å². The highest BCUT2D eigenvalue weighted by atomic mass is 16.3. The molecule has 5 nitrogen and oxygen atoms in total. The topological polar surface area (TPSA) is 69.2 Å². The van der Waals surface area contributed by atoms with Crippen LogP contribution in [0.25, 0.3) is 0 Å². The molecule has 0 spiro atoms. The second kappa shape index (κ2) is 6.82. The van der Waals surface area contributed by atoms with E-state index in [4.69, 9.17) is 0 Å². The summed E-state index contributed by atoms with van der Waals surface area (Å²) in [5.41, 5.74) is 0.399. The number of nitrogens with zero attached hydrogens (tertiary/aromatic N) is 2. The van der Waals surface area contributed by atoms with Gasteiger partial charge in [-0.15, -0.1) is 0 Å². The van der Waals surface area contributed by atoms with Crippen LogP contribution in [0.5, 0.6) is 0 Å². The van der Waals surface area contributed by atoms with Gasteiger partial charge in [0.1, 0.15) is 0 Å². The Morgan fingerprint density at radius 3 is 2.91 bits per heavy atom. The van der Waals surface area contributed by atoms with Crippen LogP contribution >= 0.6 is 0 Å². The van der Waals surface area contributed by atoms with Crippen LogP contribution in [0.15, 0.2) is 12.3 Å². The van der Waals surface area contributed by atoms with Crippen molar-refractivity contribution < 1.29 is 9.90 Å². The lowest BCUT2D eigenvalue weighted by Crippen LogP contribution is -2.45. The van der Waals surface area contributed by atoms with Gasteiger partial charge >= 0.3 is 0 Å². The van der Waals surface area contributed by atoms with E-state index in [9.17, 15) is 9.90 Å². The van der Waals surface area contributed by atoms with Crippen molar-refractivity contribution in [1.29, 1.82) is 0 Å². The second-order valence-electron chi connectivity index (χ2n) is 7.10. The number of carbonyl (C=O) groups is 1. The summed E-state index contributed by atoms with van der Waals surface area (Å²) in [5, 5.41) is 17.6. The van der Waals surface area contributed by atoms with E-state index in [0.717, 1.165) is 63.7 Å². The van der Waals surface area contributed by atoms with E-state index in [1.165, 1.54) is 6.42 Å². The summed E-state index contributed by atoms with van der Waals surface area (Å²) in [6.07, 6.45) is 10.1. The van der Waals surface area contributed by atoms with Crippen LogP contribution in [0.3, 0.4) is 0 Å². The van der Waals surface area contributed by atoms with Crippen molar-refractivity contribution in [2.45, 2.75) is 63.4 Å². The number of aromatic amines is 1. The molecule has 1 aromatic heterocycles. The second-order valence-corrected chi connectivity index (χ2v) is 7.10. The Hall–Kier alpha value is -1.36. The molecule has 1 amide bonds. The van der Waals surface area contributed by atoms with Crippen LogP contribution in [-0.4, -0.2) is 44.8 Å². The van der Waals surface area contributed by atoms with Crippen molar-refractivity contribution in [3.8, 4) is 0 Å². The minimum absolute atomic E-state index is 0.138. The number of amides is 1. The van der Waals surface area contributed by atoms with Crippen LogP contribution in [0.2, 0.25) is 0 Å². The Balaban J connectivity index is 1.53. The molecule has 0 unspecified atom stereocenters. The third-order valence-corrected chi connectivity index (χ3v) is 5.20. The number of hydrogen-bond donors (Lipinski definition) is 2. The minimum Gasteiger partial charge on any atom is -0.389 e. The SMILES string of the molecule is O=C(CC1(O)CCCCC1)N1CCC[C@@H](Cc2ccn[nH]2)C1. The quantitative estimate of drug-likeness (QED) is 0.896. The Labute approximate surface area is 132 Å². The van der Waals surface area contributed by atoms with Crippen molar-refractivity contribution in [2.75, 3.05) is 13.1 Å². The number of nitrogens with one attached hydrogen (secondary N) is 1. The molecule has 0 radical (unpaired) electrons. The summed E-state index contributed by atoms with van der Waals surface area (Å²) >= 11 is 0. The molecule has 1 aromatic rings. The van der Waals surface area contributed by atoms with Gasteiger partial charge in [0, 0.05) is 25.0 Å². The summed E-state index contributed by atoms with van der Waals surface area (Å²) in [7, 11) is 0. The molecule has 0 aromatic carbocycles. The van der Waals surface area contributed by atoms with Crippen molar-refractivity contribution in [3.63, 3.8) is 0 Å². The zero-order valence-corrected chi connectivity index (χ0v) is 13.3. The van der Waals surface area contributed by atoms with Crippen molar-refractivity contribution in [1.82, 2.24) is 15.1 Å². The summed E-state index contributed by atoms with van der Waals surface area (Å²) < 4.78 is 0. The number of carbonyl (C=O) groups excluding carboxylic acids is 1. The molecule has 2 N–H and O–H groups in total. The number of aromatic nitrogens is 2. The van der Waals surface area contributed by atoms with Crippen LogP contribution in [0.1, 0.15) is 57.1 Å². The molecule has 5 heteroatoms. The third kappa shape index (κ3) is 3.88. The zero-order valence-electron chi connectivity index (χ0n) is 13.3. The number of aliphatic hydroxyl groups is 1. The lowest BCUT2D eigenvalue weighted by molar-refractivity contribution is -0.139. The summed E-state index contributed by atoms with van der Waals surface area (Å²) in [5.74, 6) is 0.637. The number of hydrogen-bond acceptors (Lipinski definition) is 3. The van der Waals surface area contributed by atoms with Crippen LogP contribution in [0, 0.1) is 5.92 Å². The Morgan fingerprint density at radius 2 is 2.18 bits per heavy atom. The Morgan fingerprint density at radius 1 is 1.36 bits per heavy atom. The number of H-pyrrole nitrogens is 1. The molecule has 1 saturated carbocycles. The average molecular weight is 305 g/mol. The molecular formula is C17H27N3O2. The number of piperidine rings is 1. The maximum Gasteiger partial charge on any atom is 0.225 e. The lowest BCUT2D eigenvalue weighted by atomic mass is 9.82. The highest BCUT2D eigenvalue weighted by Gasteiger charge is 2.34. The van der Waals surface area contributed by atoms with Gasteiger partial charge in [-0.1, -0.05) is 19.3 Å². The fourth-order valence-corrected chi connectivity index (χ4v) is 3.95. The van der Waals surface area contributed by atoms with E-state index in [2.05, 4.69) is 10.2 Å². The summed E-state index contributed by atoms with van der Waals surface area (Å²) in [4.78, 5) is 14.5. The van der Waals surface area contributed by atoms with E-state index in [1.807, 2.05) is 11.0 Å². The molecule has 122 valence electrons. The minimum atomic E-state index is -0.744. The van der Waals surface area contributed by atoms with Gasteiger partial charge in [-0.2, -0.15) is 5.10 Å². The van der Waals surface area contributed by atoms with Gasteiger partial charge in [-0.05, 0) is 44.1 Å². The van der Waals surface area contributed by atoms with Crippen molar-refractivity contribution in [3.05, 3.63) is 18.0 Å². The standard InChI is InChI=1S/C17H27N3O2/c21-16(12-17(22)7-2-1-3-8-17)20-10-4-5-14(13-20)11-15-6-9-18-19-15/h6,9,14,22H,1-5,7-8,10-13H2,(H,18,19)/t14-/m0/s1. The molecule has 1 aliphatic carbocycles. The van der Waals surface area contributed by atoms with Gasteiger partial charge in [-0.25, -0.2) is 0 Å². The molecule has 1 saturated heterocycles. The maximum atomic E-state index is 12.6. The van der Waals surface area contributed by atoms with Gasteiger partial charge in [-0.3, -0.25) is 9.89 Å². The van der Waals surface area contributed by atoms with Gasteiger partial charge in [0.2, 0.25) is 5.91 Å². The molecule has 2 heterocycles. The van der Waals surface area contributed by atoms with Gasteiger partial charge < -0.3 is 10.0 Å². The first kappa shape index (κ1) is 15.5. The first-order chi connectivity index (χ1) is 10.6. The maximum absolute atomic E-state index is 12.6. The molecule has 2 fully saturated rings. The third-order valence-electron chi connectivity index (χ3n) is 5.20. The van der Waals surface area contributed by atoms with Crippen LogP contribution in [0.4, 0.5) is 0 Å². The first-order valence-electron chi connectivity index (χ1n) is 8.63. The number of likely N-dealkylation sites (tertiary alicyclic amines) is 1. The predicted octanol–water partition coefficient (Wildman–Crippen LogP) is 2.28. The number of rotatable bonds is 4. The molecule has 3 rings (SSSR count). The van der Waals surface area contributed by atoms with Crippen LogP contribution in [-0.2, 0) is 11.2 Å². The predicted molar refractivity (Wildman–Crippen MR) is 84.2 cm³/mol. The molecular weight excluding hydrogens is 278 g/mol. The normalized spacial score (nSPS) is 25.1. The van der Waals surface area contributed by atoms with Crippen molar-refractivity contribution in [2.24, 2.45) is 5.92 Å². The van der Waals surface area contributed by atoms with Crippen LogP contribution < -0.4 is 0 Å². The summed E-state index contributed by atoms with van der Waals surface area (Å²) in [6, 6.07) is 2.01. The summed E-state index contributed by atoms with van der Waals surface area (Å²) in [6.45, 7) is 1.66. The van der Waals surface area contributed by atoms with Gasteiger partial charge in [0.25, 0.3) is 0 Å². The molecule has 0 bridgehead atoms.